The van der Waals surface area contributed by atoms with Crippen molar-refractivity contribution in [2.24, 2.45) is 0 Å². The first kappa shape index (κ1) is 11.7. The Morgan fingerprint density at radius 2 is 1.92 bits per heavy atom. The van der Waals surface area contributed by atoms with Crippen molar-refractivity contribution in [1.29, 1.82) is 0 Å². The van der Waals surface area contributed by atoms with Gasteiger partial charge in [-0.3, -0.25) is 4.79 Å². The van der Waals surface area contributed by atoms with Gasteiger partial charge in [0.05, 0.1) is 0 Å². The largest absolute Gasteiger partial charge is 0.406 e. The highest BCUT2D eigenvalue weighted by Gasteiger charge is 2.34. The summed E-state index contributed by atoms with van der Waals surface area (Å²) in [7, 11) is 3.20. The summed E-state index contributed by atoms with van der Waals surface area (Å²) in [6.45, 7) is 1.27. The van der Waals surface area contributed by atoms with Gasteiger partial charge in [-0.25, -0.2) is 0 Å². The molecule has 0 heterocycles. The highest BCUT2D eigenvalue weighted by Crippen LogP contribution is 2.53. The fraction of sp³-hybridized carbons (Fsp3) is 0.600. The fourth-order valence-electron chi connectivity index (χ4n) is 0.584. The van der Waals surface area contributed by atoms with Crippen molar-refractivity contribution in [2.45, 2.75) is 6.92 Å². The minimum Gasteiger partial charge on any atom is -0.360 e. The van der Waals surface area contributed by atoms with Crippen LogP contribution in [0.4, 0.5) is 0 Å². The minimum atomic E-state index is -2.64. The Kier molecular flexibility index (Phi) is 4.54. The highest BCUT2D eigenvalue weighted by molar-refractivity contribution is 8.04. The number of ketones is 1. The maximum atomic E-state index is 10.9. The summed E-state index contributed by atoms with van der Waals surface area (Å²) in [4.78, 5) is 13.7. The quantitative estimate of drug-likeness (QED) is 0.303. The van der Waals surface area contributed by atoms with E-state index in [2.05, 4.69) is 13.3 Å². The van der Waals surface area contributed by atoms with Crippen LogP contribution >= 0.6 is 15.5 Å². The van der Waals surface area contributed by atoms with Gasteiger partial charge in [-0.15, -0.1) is 0 Å². The van der Waals surface area contributed by atoms with Crippen LogP contribution in [0.1, 0.15) is 6.92 Å². The van der Waals surface area contributed by atoms with Crippen molar-refractivity contribution in [3.05, 3.63) is 5.53 Å². The molecule has 68 valence electrons. The summed E-state index contributed by atoms with van der Waals surface area (Å²) < 4.78 is 9.78. The molecule has 0 radical (unpaired) electrons. The van der Waals surface area contributed by atoms with Gasteiger partial charge >= 0.3 is 5.45 Å². The Bertz CT molecular complexity index is 274. The second-order valence-corrected chi connectivity index (χ2v) is 5.92. The van der Waals surface area contributed by atoms with Gasteiger partial charge in [0.25, 0.3) is 7.00 Å². The Hall–Kier alpha value is -0.300. The number of hydrogen-bond donors (Lipinski definition) is 0. The molecule has 0 aliphatic carbocycles. The third-order valence-corrected chi connectivity index (χ3v) is 4.92. The average Bonchev–Trinajstić information content (AvgIpc) is 2.04. The van der Waals surface area contributed by atoms with Gasteiger partial charge in [0.2, 0.25) is 5.78 Å². The molecule has 12 heavy (non-hydrogen) atoms. The Labute approximate surface area is 72.8 Å². The molecule has 0 aliphatic heterocycles. The molecule has 0 unspecified atom stereocenters. The summed E-state index contributed by atoms with van der Waals surface area (Å²) in [6.07, 6.45) is 0. The summed E-state index contributed by atoms with van der Waals surface area (Å²) >= 11 is 0. The van der Waals surface area contributed by atoms with Crippen LogP contribution < -0.4 is 0 Å². The molecule has 0 aromatic rings. The maximum absolute atomic E-state index is 10.9. The zero-order valence-electron chi connectivity index (χ0n) is 7.07. The van der Waals surface area contributed by atoms with Gasteiger partial charge in [-0.2, -0.15) is 4.79 Å². The molecule has 0 aromatic heterocycles. The normalized spacial score (nSPS) is 10.6. The second-order valence-electron chi connectivity index (χ2n) is 1.90. The molecule has 7 heteroatoms. The van der Waals surface area contributed by atoms with E-state index < -0.39 is 12.8 Å². The Balaban J connectivity index is 5.11. The van der Waals surface area contributed by atoms with Crippen LogP contribution in [0.3, 0.4) is 0 Å². The Morgan fingerprint density at radius 3 is 2.00 bits per heavy atom. The number of nitrogens with zero attached hydrogens (tertiary/aromatic N) is 2. The van der Waals surface area contributed by atoms with E-state index in [9.17, 15) is 4.79 Å². The number of hydrogen-bond acceptors (Lipinski definition) is 3. The predicted molar refractivity (Wildman–Crippen MR) is 48.6 cm³/mol. The molecular weight excluding hydrogens is 198 g/mol. The van der Waals surface area contributed by atoms with Crippen molar-refractivity contribution in [1.82, 2.24) is 0 Å². The van der Waals surface area contributed by atoms with Crippen LogP contribution in [0, 0.1) is 0 Å². The van der Waals surface area contributed by atoms with Crippen molar-refractivity contribution in [3.8, 4) is 0 Å². The van der Waals surface area contributed by atoms with Crippen molar-refractivity contribution < 1.29 is 18.6 Å². The number of carbonyl (C=O) groups excluding carboxylic acids is 1. The van der Waals surface area contributed by atoms with Crippen LogP contribution in [0.5, 0.6) is 0 Å². The van der Waals surface area contributed by atoms with E-state index >= 15 is 0 Å². The van der Waals surface area contributed by atoms with E-state index in [1.165, 1.54) is 21.1 Å². The summed E-state index contributed by atoms with van der Waals surface area (Å²) in [5, 5.41) is 0. The molecule has 0 amide bonds. The molecule has 0 saturated heterocycles. The molecule has 0 spiro atoms. The van der Waals surface area contributed by atoms with Gasteiger partial charge in [0.1, 0.15) is 0 Å². The molecular formula is C5H10N2O3P2. The van der Waals surface area contributed by atoms with Gasteiger partial charge in [0, 0.05) is 21.1 Å². The lowest BCUT2D eigenvalue weighted by Crippen LogP contribution is -2.12. The van der Waals surface area contributed by atoms with Crippen molar-refractivity contribution in [3.63, 3.8) is 0 Å². The molecule has 0 N–H and O–H groups in total. The number of Topliss-reactive ketones (excluding diaryl/α,β-unsaturated/α-hetero) is 1. The summed E-state index contributed by atoms with van der Waals surface area (Å²) in [6, 6.07) is 0. The zero-order valence-corrected chi connectivity index (χ0v) is 8.96. The van der Waals surface area contributed by atoms with Gasteiger partial charge in [-0.05, 0) is 0 Å². The smallest absolute Gasteiger partial charge is 0.360 e. The third-order valence-electron chi connectivity index (χ3n) is 1.20. The van der Waals surface area contributed by atoms with Gasteiger partial charge in [0.15, 0.2) is 0 Å². The molecule has 0 bridgehead atoms. The summed E-state index contributed by atoms with van der Waals surface area (Å²) in [5.41, 5.74) is 8.36. The van der Waals surface area contributed by atoms with E-state index in [0.717, 1.165) is 0 Å². The van der Waals surface area contributed by atoms with Crippen LogP contribution in [0.2, 0.25) is 0 Å². The standard InChI is InChI=1S/C5H10N2O3P2/c1-4(8)5(7-6)12(11,9-2)10-3/h11H,1-3H3. The molecule has 0 aromatic carbocycles. The monoisotopic (exact) mass is 208 g/mol. The SMILES string of the molecule is COP(=P)(OC)C(=[N+]=[N-])C(C)=O. The van der Waals surface area contributed by atoms with Gasteiger partial charge in [-0.1, -0.05) is 8.53 Å². The van der Waals surface area contributed by atoms with Crippen molar-refractivity contribution >= 4 is 26.8 Å². The first-order valence-corrected chi connectivity index (χ1v) is 5.97. The molecule has 0 fully saturated rings. The van der Waals surface area contributed by atoms with Crippen LogP contribution in [-0.2, 0) is 13.8 Å². The van der Waals surface area contributed by atoms with E-state index in [1.54, 1.807) is 0 Å². The number of carbonyl (C=O) groups is 1. The third kappa shape index (κ3) is 2.34. The lowest BCUT2D eigenvalue weighted by molar-refractivity contribution is -0.114. The molecule has 0 aliphatic rings. The Morgan fingerprint density at radius 1 is 1.50 bits per heavy atom. The van der Waals surface area contributed by atoms with E-state index in [4.69, 9.17) is 14.6 Å². The second kappa shape index (κ2) is 4.66. The molecule has 5 nitrogen and oxygen atoms in total. The lowest BCUT2D eigenvalue weighted by Gasteiger charge is -2.11. The first-order chi connectivity index (χ1) is 5.51. The van der Waals surface area contributed by atoms with E-state index in [-0.39, 0.29) is 5.45 Å². The molecule has 0 atom stereocenters. The maximum Gasteiger partial charge on any atom is 0.406 e. The highest BCUT2D eigenvalue weighted by atomic mass is 31.8. The van der Waals surface area contributed by atoms with Crippen LogP contribution in [-0.4, -0.2) is 30.2 Å². The van der Waals surface area contributed by atoms with E-state index in [0.29, 0.717) is 0 Å². The first-order valence-electron chi connectivity index (χ1n) is 3.01. The zero-order chi connectivity index (χ0) is 9.78. The van der Waals surface area contributed by atoms with Gasteiger partial charge < -0.3 is 14.6 Å². The minimum absolute atomic E-state index is 0.135. The number of rotatable bonds is 4. The average molecular weight is 208 g/mol. The summed E-state index contributed by atoms with van der Waals surface area (Å²) in [5.74, 6) is -0.399. The van der Waals surface area contributed by atoms with E-state index in [1.807, 2.05) is 0 Å². The fourth-order valence-corrected chi connectivity index (χ4v) is 2.22. The predicted octanol–water partition coefficient (Wildman–Crippen LogP) is 1.40. The lowest BCUT2D eigenvalue weighted by atomic mass is 10.5. The molecule has 0 rings (SSSR count). The topological polar surface area (TPSA) is 71.9 Å². The van der Waals surface area contributed by atoms with Crippen LogP contribution in [0.25, 0.3) is 5.53 Å². The molecule has 0 saturated carbocycles. The van der Waals surface area contributed by atoms with Crippen LogP contribution in [0.15, 0.2) is 0 Å². The van der Waals surface area contributed by atoms with Crippen molar-refractivity contribution in [2.75, 3.05) is 14.2 Å².